The van der Waals surface area contributed by atoms with Gasteiger partial charge in [-0.05, 0) is 44.9 Å². The standard InChI is InChI=1S/C20H34N4O2S2/c1-4-28(25)23-18-7-5-17(6-8-18)9-10-21-20-22-19(14-27-20)13-24-11-15(2)26-16(3)12-24/h14,16-18,23H,2,4-13H2,1,3H3,(H,21,22). The Morgan fingerprint density at radius 1 is 1.39 bits per heavy atom. The van der Waals surface area contributed by atoms with Crippen LogP contribution in [0.5, 0.6) is 0 Å². The van der Waals surface area contributed by atoms with E-state index in [1.165, 1.54) is 19.3 Å². The van der Waals surface area contributed by atoms with E-state index in [1.807, 2.05) is 6.92 Å². The monoisotopic (exact) mass is 426 g/mol. The van der Waals surface area contributed by atoms with Crippen molar-refractivity contribution in [1.29, 1.82) is 0 Å². The molecule has 1 saturated heterocycles. The van der Waals surface area contributed by atoms with Crippen molar-refractivity contribution in [2.45, 2.75) is 64.6 Å². The molecule has 6 nitrogen and oxygen atoms in total. The van der Waals surface area contributed by atoms with Crippen molar-refractivity contribution in [3.63, 3.8) is 0 Å². The lowest BCUT2D eigenvalue weighted by Gasteiger charge is -2.32. The molecule has 2 heterocycles. The fourth-order valence-electron chi connectivity index (χ4n) is 4.07. The van der Waals surface area contributed by atoms with Gasteiger partial charge in [0.1, 0.15) is 11.9 Å². The molecule has 0 bridgehead atoms. The molecule has 0 radical (unpaired) electrons. The molecule has 28 heavy (non-hydrogen) atoms. The second-order valence-corrected chi connectivity index (χ2v) is 10.3. The quantitative estimate of drug-likeness (QED) is 0.632. The molecule has 0 aromatic carbocycles. The number of nitrogens with zero attached hydrogens (tertiary/aromatic N) is 2. The maximum Gasteiger partial charge on any atom is 0.182 e. The molecule has 1 aliphatic heterocycles. The predicted octanol–water partition coefficient (Wildman–Crippen LogP) is 3.51. The summed E-state index contributed by atoms with van der Waals surface area (Å²) in [6.07, 6.45) is 6.11. The molecule has 1 aromatic rings. The number of hydrogen-bond acceptors (Lipinski definition) is 6. The minimum absolute atomic E-state index is 0.199. The van der Waals surface area contributed by atoms with Crippen LogP contribution in [0.2, 0.25) is 0 Å². The highest BCUT2D eigenvalue weighted by atomic mass is 32.2. The number of thiazole rings is 1. The molecule has 1 aromatic heterocycles. The van der Waals surface area contributed by atoms with E-state index in [0.717, 1.165) is 61.5 Å². The van der Waals surface area contributed by atoms with E-state index < -0.39 is 11.0 Å². The Morgan fingerprint density at radius 2 is 2.18 bits per heavy atom. The summed E-state index contributed by atoms with van der Waals surface area (Å²) >= 11 is 1.69. The third-order valence-electron chi connectivity index (χ3n) is 5.46. The number of aromatic nitrogens is 1. The number of hydrogen-bond donors (Lipinski definition) is 2. The van der Waals surface area contributed by atoms with Crippen molar-refractivity contribution >= 4 is 27.5 Å². The summed E-state index contributed by atoms with van der Waals surface area (Å²) in [5, 5.41) is 6.67. The van der Waals surface area contributed by atoms with Crippen LogP contribution in [0.15, 0.2) is 17.7 Å². The fraction of sp³-hybridized carbons (Fsp3) is 0.750. The SMILES string of the molecule is C=C1CN(Cc2csc(NCCC3CCC(NS(=O)CC)CC3)n2)CC(C)O1. The molecule has 158 valence electrons. The van der Waals surface area contributed by atoms with Crippen LogP contribution in [0.25, 0.3) is 0 Å². The average molecular weight is 427 g/mol. The van der Waals surface area contributed by atoms with E-state index in [0.29, 0.717) is 11.8 Å². The lowest BCUT2D eigenvalue weighted by molar-refractivity contribution is 0.0304. The van der Waals surface area contributed by atoms with Gasteiger partial charge >= 0.3 is 0 Å². The summed E-state index contributed by atoms with van der Waals surface area (Å²) in [5.41, 5.74) is 1.12. The lowest BCUT2D eigenvalue weighted by Crippen LogP contribution is -2.39. The first-order valence-electron chi connectivity index (χ1n) is 10.4. The highest BCUT2D eigenvalue weighted by Crippen LogP contribution is 2.27. The van der Waals surface area contributed by atoms with E-state index in [2.05, 4.69) is 33.8 Å². The first-order valence-corrected chi connectivity index (χ1v) is 12.6. The summed E-state index contributed by atoms with van der Waals surface area (Å²) in [5.74, 6) is 2.30. The normalized spacial score (nSPS) is 27.4. The van der Waals surface area contributed by atoms with Crippen LogP contribution in [0, 0.1) is 5.92 Å². The Bertz CT molecular complexity index is 658. The van der Waals surface area contributed by atoms with Gasteiger partial charge in [-0.1, -0.05) is 13.5 Å². The van der Waals surface area contributed by atoms with Gasteiger partial charge in [0, 0.05) is 36.8 Å². The maximum atomic E-state index is 11.6. The topological polar surface area (TPSA) is 66.5 Å². The van der Waals surface area contributed by atoms with Gasteiger partial charge in [0.15, 0.2) is 5.13 Å². The molecule has 2 aliphatic rings. The molecular formula is C20H34N4O2S2. The molecule has 2 unspecified atom stereocenters. The third kappa shape index (κ3) is 6.83. The van der Waals surface area contributed by atoms with Crippen LogP contribution in [0.4, 0.5) is 5.13 Å². The van der Waals surface area contributed by atoms with Crippen molar-refractivity contribution in [1.82, 2.24) is 14.6 Å². The molecule has 1 saturated carbocycles. The van der Waals surface area contributed by atoms with Gasteiger partial charge in [0.2, 0.25) is 0 Å². The van der Waals surface area contributed by atoms with Gasteiger partial charge < -0.3 is 10.1 Å². The zero-order valence-corrected chi connectivity index (χ0v) is 18.7. The molecule has 1 aliphatic carbocycles. The summed E-state index contributed by atoms with van der Waals surface area (Å²) < 4.78 is 20.5. The average Bonchev–Trinajstić information content (AvgIpc) is 3.09. The van der Waals surface area contributed by atoms with E-state index in [9.17, 15) is 4.21 Å². The highest BCUT2D eigenvalue weighted by Gasteiger charge is 2.22. The summed E-state index contributed by atoms with van der Waals surface area (Å²) in [6.45, 7) is 11.5. The minimum atomic E-state index is -0.855. The molecule has 0 amide bonds. The van der Waals surface area contributed by atoms with Crippen molar-refractivity contribution in [2.75, 3.05) is 30.7 Å². The molecular weight excluding hydrogens is 392 g/mol. The van der Waals surface area contributed by atoms with E-state index in [1.54, 1.807) is 11.3 Å². The second-order valence-electron chi connectivity index (χ2n) is 7.97. The van der Waals surface area contributed by atoms with Crippen molar-refractivity contribution in [2.24, 2.45) is 5.92 Å². The Hall–Kier alpha value is -0.960. The number of nitrogens with one attached hydrogen (secondary N) is 2. The fourth-order valence-corrected chi connectivity index (χ4v) is 5.57. The van der Waals surface area contributed by atoms with Crippen LogP contribution in [0.3, 0.4) is 0 Å². The first-order chi connectivity index (χ1) is 13.5. The molecule has 3 rings (SSSR count). The Morgan fingerprint density at radius 3 is 2.89 bits per heavy atom. The maximum absolute atomic E-state index is 11.6. The summed E-state index contributed by atoms with van der Waals surface area (Å²) in [6, 6.07) is 0.436. The van der Waals surface area contributed by atoms with Crippen molar-refractivity contribution in [3.05, 3.63) is 23.4 Å². The Labute approximate surface area is 175 Å². The first kappa shape index (κ1) is 21.7. The number of anilines is 1. The molecule has 2 atom stereocenters. The van der Waals surface area contributed by atoms with E-state index >= 15 is 0 Å². The van der Waals surface area contributed by atoms with Gasteiger partial charge in [-0.15, -0.1) is 11.3 Å². The number of rotatable bonds is 9. The van der Waals surface area contributed by atoms with Gasteiger partial charge in [-0.2, -0.15) is 0 Å². The third-order valence-corrected chi connectivity index (χ3v) is 7.43. The van der Waals surface area contributed by atoms with Gasteiger partial charge in [-0.25, -0.2) is 13.9 Å². The molecule has 0 spiro atoms. The van der Waals surface area contributed by atoms with Gasteiger partial charge in [0.05, 0.1) is 23.2 Å². The minimum Gasteiger partial charge on any atom is -0.493 e. The van der Waals surface area contributed by atoms with Crippen molar-refractivity contribution in [3.8, 4) is 0 Å². The van der Waals surface area contributed by atoms with Crippen molar-refractivity contribution < 1.29 is 8.95 Å². The van der Waals surface area contributed by atoms with Crippen LogP contribution in [0.1, 0.15) is 51.6 Å². The van der Waals surface area contributed by atoms with E-state index in [4.69, 9.17) is 9.72 Å². The predicted molar refractivity (Wildman–Crippen MR) is 118 cm³/mol. The zero-order chi connectivity index (χ0) is 19.9. The molecule has 2 fully saturated rings. The van der Waals surface area contributed by atoms with Gasteiger partial charge in [-0.3, -0.25) is 4.90 Å². The number of ether oxygens (including phenoxy) is 1. The molecule has 8 heteroatoms. The van der Waals surface area contributed by atoms with Crippen LogP contribution in [-0.4, -0.2) is 51.6 Å². The van der Waals surface area contributed by atoms with Gasteiger partial charge in [0.25, 0.3) is 0 Å². The zero-order valence-electron chi connectivity index (χ0n) is 17.1. The Kier molecular flexibility index (Phi) is 8.32. The smallest absolute Gasteiger partial charge is 0.182 e. The summed E-state index contributed by atoms with van der Waals surface area (Å²) in [4.78, 5) is 7.08. The largest absolute Gasteiger partial charge is 0.493 e. The van der Waals surface area contributed by atoms with Crippen LogP contribution >= 0.6 is 11.3 Å². The molecule has 2 N–H and O–H groups in total. The summed E-state index contributed by atoms with van der Waals surface area (Å²) in [7, 11) is -0.855. The Balaban J connectivity index is 1.34. The van der Waals surface area contributed by atoms with E-state index in [-0.39, 0.29) is 6.10 Å². The highest BCUT2D eigenvalue weighted by molar-refractivity contribution is 7.82. The van der Waals surface area contributed by atoms with Crippen LogP contribution in [-0.2, 0) is 22.3 Å². The lowest BCUT2D eigenvalue weighted by atomic mass is 9.84. The van der Waals surface area contributed by atoms with Crippen LogP contribution < -0.4 is 10.0 Å². The number of morpholine rings is 1. The second kappa shape index (κ2) is 10.7.